The summed E-state index contributed by atoms with van der Waals surface area (Å²) >= 11 is 1.59. The van der Waals surface area contributed by atoms with Crippen molar-refractivity contribution in [2.75, 3.05) is 12.3 Å². The summed E-state index contributed by atoms with van der Waals surface area (Å²) in [6.45, 7) is 0.837. The third kappa shape index (κ3) is 1.76. The Morgan fingerprint density at radius 1 is 1.47 bits per heavy atom. The summed E-state index contributed by atoms with van der Waals surface area (Å²) in [6.07, 6.45) is 0.937. The van der Waals surface area contributed by atoms with Gasteiger partial charge < -0.3 is 0 Å². The Labute approximate surface area is 92.5 Å². The van der Waals surface area contributed by atoms with Crippen molar-refractivity contribution in [2.24, 2.45) is 0 Å². The number of hydrogen-bond acceptors (Lipinski definition) is 4. The molecule has 76 valence electrons. The highest BCUT2D eigenvalue weighted by Crippen LogP contribution is 2.35. The lowest BCUT2D eigenvalue weighted by Gasteiger charge is -2.21. The fourth-order valence-electron chi connectivity index (χ4n) is 1.62. The van der Waals surface area contributed by atoms with Crippen molar-refractivity contribution < 1.29 is 4.79 Å². The van der Waals surface area contributed by atoms with Crippen molar-refractivity contribution in [2.45, 2.75) is 4.87 Å². The van der Waals surface area contributed by atoms with Crippen molar-refractivity contribution in [3.05, 3.63) is 35.4 Å². The van der Waals surface area contributed by atoms with E-state index in [0.717, 1.165) is 24.1 Å². The van der Waals surface area contributed by atoms with Crippen molar-refractivity contribution in [1.82, 2.24) is 5.32 Å². The molecule has 1 heterocycles. The fourth-order valence-corrected chi connectivity index (χ4v) is 2.72. The Bertz CT molecular complexity index is 402. The van der Waals surface area contributed by atoms with E-state index in [2.05, 4.69) is 11.4 Å². The first-order valence-corrected chi connectivity index (χ1v) is 5.65. The molecule has 0 saturated carbocycles. The van der Waals surface area contributed by atoms with Gasteiger partial charge in [0.15, 0.2) is 6.29 Å². The summed E-state index contributed by atoms with van der Waals surface area (Å²) in [5.74, 6) is 0.929. The number of rotatable bonds is 2. The van der Waals surface area contributed by atoms with Crippen LogP contribution in [0.3, 0.4) is 0 Å². The number of nitriles is 1. The average Bonchev–Trinajstić information content (AvgIpc) is 2.79. The summed E-state index contributed by atoms with van der Waals surface area (Å²) < 4.78 is 0. The molecule has 3 nitrogen and oxygen atoms in total. The number of carbonyl (C=O) groups excluding carboxylic acids is 1. The Balaban J connectivity index is 2.35. The number of thioether (sulfide) groups is 1. The minimum atomic E-state index is -0.603. The summed E-state index contributed by atoms with van der Waals surface area (Å²) in [7, 11) is 0. The molecule has 2 rings (SSSR count). The molecule has 0 radical (unpaired) electrons. The van der Waals surface area contributed by atoms with Crippen LogP contribution in [-0.2, 0) is 9.67 Å². The van der Waals surface area contributed by atoms with Gasteiger partial charge in [-0.1, -0.05) is 12.1 Å². The quantitative estimate of drug-likeness (QED) is 0.759. The van der Waals surface area contributed by atoms with Gasteiger partial charge in [-0.3, -0.25) is 10.1 Å². The number of nitrogens with zero attached hydrogens (tertiary/aromatic N) is 1. The predicted molar refractivity (Wildman–Crippen MR) is 59.4 cm³/mol. The first-order chi connectivity index (χ1) is 7.30. The highest BCUT2D eigenvalue weighted by molar-refractivity contribution is 8.01. The van der Waals surface area contributed by atoms with Crippen molar-refractivity contribution >= 4 is 18.0 Å². The van der Waals surface area contributed by atoms with Crippen LogP contribution in [0.15, 0.2) is 24.3 Å². The molecule has 1 unspecified atom stereocenters. The molecule has 1 aliphatic heterocycles. The van der Waals surface area contributed by atoms with Crippen molar-refractivity contribution in [3.63, 3.8) is 0 Å². The molecule has 1 aromatic carbocycles. The van der Waals surface area contributed by atoms with Gasteiger partial charge in [-0.05, 0) is 17.7 Å². The number of carbonyl (C=O) groups is 1. The lowest BCUT2D eigenvalue weighted by molar-refractivity contribution is -0.110. The molecule has 0 amide bonds. The standard InChI is InChI=1S/C11H10N2OS/c12-7-9-1-3-10(4-2-9)11(8-14)13-5-6-15-11/h1-4,8,13H,5-6H2. The lowest BCUT2D eigenvalue weighted by Crippen LogP contribution is -2.35. The molecule has 0 spiro atoms. The highest BCUT2D eigenvalue weighted by Gasteiger charge is 2.35. The summed E-state index contributed by atoms with van der Waals surface area (Å²) in [5.41, 5.74) is 1.53. The normalized spacial score (nSPS) is 24.7. The molecule has 0 aliphatic carbocycles. The molecule has 15 heavy (non-hydrogen) atoms. The van der Waals surface area contributed by atoms with E-state index >= 15 is 0 Å². The molecule has 4 heteroatoms. The monoisotopic (exact) mass is 218 g/mol. The van der Waals surface area contributed by atoms with Crippen LogP contribution in [0.1, 0.15) is 11.1 Å². The molecule has 0 aromatic heterocycles. The van der Waals surface area contributed by atoms with Gasteiger partial charge in [0.2, 0.25) is 0 Å². The topological polar surface area (TPSA) is 52.9 Å². The van der Waals surface area contributed by atoms with Gasteiger partial charge in [-0.25, -0.2) is 0 Å². The zero-order valence-corrected chi connectivity index (χ0v) is 8.88. The Kier molecular flexibility index (Phi) is 2.76. The van der Waals surface area contributed by atoms with Crippen LogP contribution in [0.4, 0.5) is 0 Å². The smallest absolute Gasteiger partial charge is 0.154 e. The van der Waals surface area contributed by atoms with Crippen LogP contribution in [-0.4, -0.2) is 18.6 Å². The maximum Gasteiger partial charge on any atom is 0.154 e. The van der Waals surface area contributed by atoms with Crippen LogP contribution in [0.25, 0.3) is 0 Å². The van der Waals surface area contributed by atoms with Gasteiger partial charge in [0.05, 0.1) is 11.6 Å². The van der Waals surface area contributed by atoms with Gasteiger partial charge >= 0.3 is 0 Å². The van der Waals surface area contributed by atoms with E-state index in [9.17, 15) is 4.79 Å². The van der Waals surface area contributed by atoms with Crippen LogP contribution in [0.2, 0.25) is 0 Å². The van der Waals surface area contributed by atoms with E-state index in [1.807, 2.05) is 12.1 Å². The number of nitrogens with one attached hydrogen (secondary N) is 1. The maximum atomic E-state index is 11.1. The zero-order valence-electron chi connectivity index (χ0n) is 8.06. The van der Waals surface area contributed by atoms with Crippen LogP contribution >= 0.6 is 11.8 Å². The Morgan fingerprint density at radius 2 is 2.20 bits per heavy atom. The lowest BCUT2D eigenvalue weighted by atomic mass is 10.1. The largest absolute Gasteiger partial charge is 0.300 e. The minimum absolute atomic E-state index is 0.603. The summed E-state index contributed by atoms with van der Waals surface area (Å²) in [5, 5.41) is 11.9. The summed E-state index contributed by atoms with van der Waals surface area (Å²) in [4.78, 5) is 10.5. The van der Waals surface area contributed by atoms with Crippen molar-refractivity contribution in [1.29, 1.82) is 5.26 Å². The number of hydrogen-bond donors (Lipinski definition) is 1. The van der Waals surface area contributed by atoms with Crippen LogP contribution < -0.4 is 5.32 Å². The maximum absolute atomic E-state index is 11.1. The first-order valence-electron chi connectivity index (χ1n) is 4.67. The van der Waals surface area contributed by atoms with Crippen molar-refractivity contribution in [3.8, 4) is 6.07 Å². The molecular formula is C11H10N2OS. The predicted octanol–water partition coefficient (Wildman–Crippen LogP) is 1.25. The second-order valence-corrected chi connectivity index (χ2v) is 4.66. The molecule has 1 aromatic rings. The average molecular weight is 218 g/mol. The molecule has 1 aliphatic rings. The number of aldehydes is 1. The Morgan fingerprint density at radius 3 is 2.67 bits per heavy atom. The molecule has 1 fully saturated rings. The second-order valence-electron chi connectivity index (χ2n) is 3.32. The first kappa shape index (κ1) is 10.2. The van der Waals surface area contributed by atoms with E-state index < -0.39 is 4.87 Å². The van der Waals surface area contributed by atoms with Crippen LogP contribution in [0.5, 0.6) is 0 Å². The number of benzene rings is 1. The molecule has 0 bridgehead atoms. The SMILES string of the molecule is N#Cc1ccc(C2(C=O)NCCS2)cc1. The fraction of sp³-hybridized carbons (Fsp3) is 0.273. The van der Waals surface area contributed by atoms with E-state index in [1.54, 1.807) is 23.9 Å². The van der Waals surface area contributed by atoms with E-state index in [-0.39, 0.29) is 0 Å². The summed E-state index contributed by atoms with van der Waals surface area (Å²) in [6, 6.07) is 9.20. The second kappa shape index (κ2) is 4.05. The van der Waals surface area contributed by atoms with Gasteiger partial charge in [0, 0.05) is 12.3 Å². The van der Waals surface area contributed by atoms with Gasteiger partial charge in [-0.2, -0.15) is 5.26 Å². The molecule has 1 saturated heterocycles. The van der Waals surface area contributed by atoms with Gasteiger partial charge in [0.1, 0.15) is 4.87 Å². The van der Waals surface area contributed by atoms with E-state index in [1.165, 1.54) is 0 Å². The van der Waals surface area contributed by atoms with E-state index in [0.29, 0.717) is 5.56 Å². The zero-order chi connectivity index (χ0) is 10.7. The van der Waals surface area contributed by atoms with Gasteiger partial charge in [0.25, 0.3) is 0 Å². The van der Waals surface area contributed by atoms with Crippen LogP contribution in [0, 0.1) is 11.3 Å². The highest BCUT2D eigenvalue weighted by atomic mass is 32.2. The van der Waals surface area contributed by atoms with E-state index in [4.69, 9.17) is 5.26 Å². The third-order valence-corrected chi connectivity index (χ3v) is 3.77. The molecular weight excluding hydrogens is 208 g/mol. The van der Waals surface area contributed by atoms with Gasteiger partial charge in [-0.15, -0.1) is 11.8 Å². The third-order valence-electron chi connectivity index (χ3n) is 2.43. The minimum Gasteiger partial charge on any atom is -0.300 e. The molecule has 1 atom stereocenters. The Hall–Kier alpha value is -1.31. The molecule has 1 N–H and O–H groups in total.